The van der Waals surface area contributed by atoms with Crippen LogP contribution in [0, 0.1) is 6.92 Å². The molecule has 2 aromatic heterocycles. The van der Waals surface area contributed by atoms with Gasteiger partial charge in [0.25, 0.3) is 0 Å². The number of nitrogens with zero attached hydrogens (tertiary/aromatic N) is 4. The van der Waals surface area contributed by atoms with Gasteiger partial charge in [-0.2, -0.15) is 4.98 Å². The first-order valence-electron chi connectivity index (χ1n) is 8.14. The maximum absolute atomic E-state index is 12.2. The van der Waals surface area contributed by atoms with Gasteiger partial charge < -0.3 is 14.7 Å². The minimum Gasteiger partial charge on any atom is -0.340 e. The van der Waals surface area contributed by atoms with E-state index >= 15 is 0 Å². The molecular formula is C17H17N5O3. The van der Waals surface area contributed by atoms with Crippen LogP contribution < -0.4 is 5.32 Å². The number of fused-ring (bicyclic) bond motifs is 1. The molecule has 2 aliphatic rings. The number of aryl methyl sites for hydroxylation is 2. The third kappa shape index (κ3) is 3.15. The van der Waals surface area contributed by atoms with E-state index in [9.17, 15) is 9.59 Å². The van der Waals surface area contributed by atoms with Crippen LogP contribution in [0.15, 0.2) is 22.9 Å². The summed E-state index contributed by atoms with van der Waals surface area (Å²) in [6, 6.07) is 1.95. The van der Waals surface area contributed by atoms with Gasteiger partial charge in [0.1, 0.15) is 5.82 Å². The molecule has 0 aliphatic carbocycles. The molecule has 0 spiro atoms. The second kappa shape index (κ2) is 6.12. The Bertz CT molecular complexity index is 867. The number of hydrogen-bond acceptors (Lipinski definition) is 6. The molecule has 1 saturated heterocycles. The molecule has 8 nitrogen and oxygen atoms in total. The molecule has 0 unspecified atom stereocenters. The molecule has 2 aromatic rings. The van der Waals surface area contributed by atoms with E-state index in [0.29, 0.717) is 43.5 Å². The van der Waals surface area contributed by atoms with Gasteiger partial charge in [-0.1, -0.05) is 5.16 Å². The van der Waals surface area contributed by atoms with Crippen LogP contribution in [0.1, 0.15) is 35.2 Å². The molecule has 2 aliphatic heterocycles. The molecule has 0 bridgehead atoms. The second-order valence-corrected chi connectivity index (χ2v) is 6.27. The lowest BCUT2D eigenvalue weighted by molar-refractivity contribution is -0.130. The quantitative estimate of drug-likeness (QED) is 0.846. The third-order valence-corrected chi connectivity index (χ3v) is 4.39. The highest BCUT2D eigenvalue weighted by Gasteiger charge is 2.33. The summed E-state index contributed by atoms with van der Waals surface area (Å²) < 4.78 is 4.96. The lowest BCUT2D eigenvalue weighted by Gasteiger charge is -2.36. The van der Waals surface area contributed by atoms with Crippen molar-refractivity contribution in [1.29, 1.82) is 0 Å². The Morgan fingerprint density at radius 3 is 3.00 bits per heavy atom. The van der Waals surface area contributed by atoms with Crippen LogP contribution in [0.5, 0.6) is 0 Å². The van der Waals surface area contributed by atoms with E-state index in [1.165, 1.54) is 0 Å². The summed E-state index contributed by atoms with van der Waals surface area (Å²) in [5.41, 5.74) is 1.83. The highest BCUT2D eigenvalue weighted by molar-refractivity contribution is 5.94. The number of carbonyl (C=O) groups excluding carboxylic acids is 2. The first-order chi connectivity index (χ1) is 12.1. The van der Waals surface area contributed by atoms with Crippen molar-refractivity contribution in [2.75, 3.05) is 18.4 Å². The van der Waals surface area contributed by atoms with Gasteiger partial charge in [-0.05, 0) is 29.7 Å². The summed E-state index contributed by atoms with van der Waals surface area (Å²) >= 11 is 0. The number of nitrogens with one attached hydrogen (secondary N) is 1. The van der Waals surface area contributed by atoms with Crippen LogP contribution in [0.25, 0.3) is 6.08 Å². The summed E-state index contributed by atoms with van der Waals surface area (Å²) in [5, 5.41) is 6.63. The van der Waals surface area contributed by atoms with E-state index in [4.69, 9.17) is 4.52 Å². The van der Waals surface area contributed by atoms with Crippen molar-refractivity contribution in [3.8, 4) is 0 Å². The van der Waals surface area contributed by atoms with Gasteiger partial charge >= 0.3 is 0 Å². The van der Waals surface area contributed by atoms with E-state index in [2.05, 4.69) is 20.4 Å². The smallest absolute Gasteiger partial charge is 0.246 e. The highest BCUT2D eigenvalue weighted by Crippen LogP contribution is 2.25. The van der Waals surface area contributed by atoms with Gasteiger partial charge in [0.2, 0.25) is 17.7 Å². The number of aromatic nitrogens is 3. The topological polar surface area (TPSA) is 101 Å². The molecule has 4 heterocycles. The fraction of sp³-hybridized carbons (Fsp3) is 0.353. The van der Waals surface area contributed by atoms with Gasteiger partial charge in [0.15, 0.2) is 5.82 Å². The number of hydrogen-bond donors (Lipinski definition) is 1. The van der Waals surface area contributed by atoms with Gasteiger partial charge in [-0.15, -0.1) is 0 Å². The lowest BCUT2D eigenvalue weighted by atomic mass is 9.99. The first-order valence-corrected chi connectivity index (χ1v) is 8.14. The van der Waals surface area contributed by atoms with E-state index in [0.717, 1.165) is 11.1 Å². The van der Waals surface area contributed by atoms with E-state index in [1.54, 1.807) is 30.2 Å². The van der Waals surface area contributed by atoms with Crippen LogP contribution in [-0.2, 0) is 16.0 Å². The number of likely N-dealkylation sites (tertiary alicyclic amines) is 1. The Morgan fingerprint density at radius 2 is 2.24 bits per heavy atom. The molecule has 8 heteroatoms. The maximum atomic E-state index is 12.2. The zero-order chi connectivity index (χ0) is 17.4. The summed E-state index contributed by atoms with van der Waals surface area (Å²) in [7, 11) is 0. The Morgan fingerprint density at radius 1 is 1.40 bits per heavy atom. The molecule has 0 aromatic carbocycles. The van der Waals surface area contributed by atoms with Gasteiger partial charge in [0, 0.05) is 38.7 Å². The van der Waals surface area contributed by atoms with Crippen LogP contribution in [0.3, 0.4) is 0 Å². The maximum Gasteiger partial charge on any atom is 0.246 e. The normalized spacial score (nSPS) is 17.3. The summed E-state index contributed by atoms with van der Waals surface area (Å²) in [6.45, 7) is 2.94. The van der Waals surface area contributed by atoms with Crippen molar-refractivity contribution in [2.24, 2.45) is 0 Å². The predicted molar refractivity (Wildman–Crippen MR) is 88.6 cm³/mol. The van der Waals surface area contributed by atoms with Crippen molar-refractivity contribution in [3.05, 3.63) is 41.2 Å². The molecule has 4 rings (SSSR count). The van der Waals surface area contributed by atoms with Crippen LogP contribution in [0.2, 0.25) is 0 Å². The van der Waals surface area contributed by atoms with Crippen molar-refractivity contribution < 1.29 is 14.1 Å². The van der Waals surface area contributed by atoms with Crippen molar-refractivity contribution in [2.45, 2.75) is 25.7 Å². The average Bonchev–Trinajstić information content (AvgIpc) is 2.97. The minimum absolute atomic E-state index is 0.0115. The van der Waals surface area contributed by atoms with Crippen LogP contribution in [0.4, 0.5) is 5.82 Å². The molecule has 0 saturated carbocycles. The average molecular weight is 339 g/mol. The lowest BCUT2D eigenvalue weighted by Crippen LogP contribution is -2.48. The number of anilines is 1. The molecule has 2 amide bonds. The van der Waals surface area contributed by atoms with E-state index < -0.39 is 0 Å². The zero-order valence-electron chi connectivity index (χ0n) is 13.7. The molecular weight excluding hydrogens is 322 g/mol. The van der Waals surface area contributed by atoms with Crippen molar-refractivity contribution in [3.63, 3.8) is 0 Å². The fourth-order valence-corrected chi connectivity index (χ4v) is 2.94. The number of rotatable bonds is 3. The Kier molecular flexibility index (Phi) is 3.79. The van der Waals surface area contributed by atoms with Crippen LogP contribution in [-0.4, -0.2) is 44.9 Å². The van der Waals surface area contributed by atoms with Gasteiger partial charge in [0.05, 0.1) is 5.92 Å². The zero-order valence-corrected chi connectivity index (χ0v) is 13.7. The molecule has 128 valence electrons. The van der Waals surface area contributed by atoms with Crippen molar-refractivity contribution >= 4 is 23.7 Å². The molecule has 0 radical (unpaired) electrons. The molecule has 1 N–H and O–H groups in total. The number of pyridine rings is 1. The summed E-state index contributed by atoms with van der Waals surface area (Å²) in [5.74, 6) is 1.89. The van der Waals surface area contributed by atoms with Gasteiger partial charge in [-0.25, -0.2) is 4.98 Å². The van der Waals surface area contributed by atoms with E-state index in [1.807, 2.05) is 6.07 Å². The number of amides is 2. The molecule has 0 atom stereocenters. The third-order valence-electron chi connectivity index (χ3n) is 4.39. The molecule has 25 heavy (non-hydrogen) atoms. The Hall–Kier alpha value is -3.03. The fourth-order valence-electron chi connectivity index (χ4n) is 2.94. The number of carbonyl (C=O) groups is 2. The summed E-state index contributed by atoms with van der Waals surface area (Å²) in [6.07, 6.45) is 6.07. The van der Waals surface area contributed by atoms with Crippen molar-refractivity contribution in [1.82, 2.24) is 20.0 Å². The Labute approximate surface area is 143 Å². The second-order valence-electron chi connectivity index (χ2n) is 6.27. The first kappa shape index (κ1) is 15.5. The molecule has 1 fully saturated rings. The van der Waals surface area contributed by atoms with Crippen LogP contribution >= 0.6 is 0 Å². The largest absolute Gasteiger partial charge is 0.340 e. The standard InChI is InChI=1S/C17H17N5O3/c1-10-19-17(21-25-10)13-8-22(9-13)15(24)5-2-11-6-12-3-4-14(23)20-16(12)18-7-11/h2,5-7,13H,3-4,8-9H2,1H3,(H,18,20,23). The predicted octanol–water partition coefficient (Wildman–Crippen LogP) is 1.30. The summed E-state index contributed by atoms with van der Waals surface area (Å²) in [4.78, 5) is 33.7. The minimum atomic E-state index is -0.0532. The monoisotopic (exact) mass is 339 g/mol. The SMILES string of the molecule is Cc1nc(C2CN(C(=O)C=Cc3cnc4c(c3)CCC(=O)N4)C2)no1. The van der Waals surface area contributed by atoms with Gasteiger partial charge in [-0.3, -0.25) is 9.59 Å². The highest BCUT2D eigenvalue weighted by atomic mass is 16.5. The van der Waals surface area contributed by atoms with E-state index in [-0.39, 0.29) is 17.7 Å². The Balaban J connectivity index is 1.36.